The fourth-order valence-electron chi connectivity index (χ4n) is 4.51. The minimum absolute atomic E-state index is 0.0659. The van der Waals surface area contributed by atoms with Gasteiger partial charge in [0, 0.05) is 23.3 Å². The van der Waals surface area contributed by atoms with Crippen LogP contribution in [0.25, 0.3) is 0 Å². The number of rotatable bonds is 2. The van der Waals surface area contributed by atoms with Crippen molar-refractivity contribution in [2.45, 2.75) is 51.4 Å². The van der Waals surface area contributed by atoms with E-state index in [0.29, 0.717) is 5.56 Å². The third-order valence-electron chi connectivity index (χ3n) is 6.50. The van der Waals surface area contributed by atoms with Crippen LogP contribution >= 0.6 is 0 Å². The lowest BCUT2D eigenvalue weighted by molar-refractivity contribution is -0.384. The molecule has 0 saturated carbocycles. The van der Waals surface area contributed by atoms with Gasteiger partial charge in [0.2, 0.25) is 0 Å². The van der Waals surface area contributed by atoms with Gasteiger partial charge in [0.25, 0.3) is 5.69 Å². The monoisotopic (exact) mass is 467 g/mol. The third-order valence-corrected chi connectivity index (χ3v) is 6.50. The number of nitro groups is 1. The lowest BCUT2D eigenvalue weighted by Gasteiger charge is -2.13. The lowest BCUT2D eigenvalue weighted by atomic mass is 9.93. The average Bonchev–Trinajstić information content (AvgIpc) is 2.88. The predicted octanol–water partition coefficient (Wildman–Crippen LogP) is 6.23. The molecule has 4 bridgehead atoms. The lowest BCUT2D eigenvalue weighted by Crippen LogP contribution is -2.07. The third kappa shape index (κ3) is 6.36. The number of nitrogens with zero attached hydrogens (tertiary/aromatic N) is 1. The van der Waals surface area contributed by atoms with Gasteiger partial charge >= 0.3 is 5.97 Å². The van der Waals surface area contributed by atoms with E-state index in [-0.39, 0.29) is 11.7 Å². The van der Waals surface area contributed by atoms with Gasteiger partial charge in [0.05, 0.1) is 17.6 Å². The number of carbonyl (C=O) groups excluding carboxylic acids is 1. The van der Waals surface area contributed by atoms with Gasteiger partial charge in [-0.05, 0) is 97.9 Å². The second-order valence-corrected chi connectivity index (χ2v) is 8.94. The summed E-state index contributed by atoms with van der Waals surface area (Å²) >= 11 is 0. The van der Waals surface area contributed by atoms with Crippen LogP contribution in [0, 0.1) is 22.0 Å². The predicted molar refractivity (Wildman–Crippen MR) is 137 cm³/mol. The van der Waals surface area contributed by atoms with E-state index in [2.05, 4.69) is 42.2 Å². The van der Waals surface area contributed by atoms with Gasteiger partial charge in [0.15, 0.2) is 0 Å². The maximum atomic E-state index is 12.4. The highest BCUT2D eigenvalue weighted by molar-refractivity contribution is 5.91. The number of aryl methyl sites for hydroxylation is 4. The van der Waals surface area contributed by atoms with E-state index in [1.807, 2.05) is 6.07 Å². The van der Waals surface area contributed by atoms with E-state index < -0.39 is 4.92 Å². The number of esters is 1. The summed E-state index contributed by atoms with van der Waals surface area (Å²) in [6.45, 7) is 0. The zero-order valence-corrected chi connectivity index (χ0v) is 20.0. The highest BCUT2D eigenvalue weighted by Gasteiger charge is 2.13. The first-order valence-electron chi connectivity index (χ1n) is 12.1. The van der Waals surface area contributed by atoms with Crippen molar-refractivity contribution >= 4 is 11.7 Å². The highest BCUT2D eigenvalue weighted by atomic mass is 16.6. The van der Waals surface area contributed by atoms with Crippen LogP contribution in [0.4, 0.5) is 5.69 Å². The Morgan fingerprint density at radius 1 is 0.800 bits per heavy atom. The second kappa shape index (κ2) is 11.5. The molecule has 4 aliphatic carbocycles. The van der Waals surface area contributed by atoms with Crippen molar-refractivity contribution in [2.75, 3.05) is 7.11 Å². The van der Waals surface area contributed by atoms with Gasteiger partial charge in [-0.1, -0.05) is 36.1 Å². The Hall–Kier alpha value is -3.91. The molecular weight excluding hydrogens is 438 g/mol. The molecule has 7 rings (SSSR count). The summed E-state index contributed by atoms with van der Waals surface area (Å²) in [5.41, 5.74) is 7.22. The summed E-state index contributed by atoms with van der Waals surface area (Å²) in [4.78, 5) is 22.8. The first kappa shape index (κ1) is 24.2. The zero-order chi connectivity index (χ0) is 24.6. The number of ether oxygens (including phenoxy) is 1. The van der Waals surface area contributed by atoms with Crippen LogP contribution < -0.4 is 0 Å². The molecule has 0 aromatic heterocycles. The minimum Gasteiger partial charge on any atom is -0.465 e. The van der Waals surface area contributed by atoms with Crippen LogP contribution in [0.5, 0.6) is 0 Å². The van der Waals surface area contributed by atoms with Crippen molar-refractivity contribution in [3.63, 3.8) is 0 Å². The van der Waals surface area contributed by atoms with E-state index >= 15 is 0 Å². The van der Waals surface area contributed by atoms with Crippen LogP contribution in [0.2, 0.25) is 0 Å². The van der Waals surface area contributed by atoms with E-state index in [1.165, 1.54) is 35.9 Å². The number of non-ortho nitro benzene ring substituents is 1. The average molecular weight is 468 g/mol. The minimum atomic E-state index is -0.403. The van der Waals surface area contributed by atoms with Crippen molar-refractivity contribution < 1.29 is 14.5 Å². The molecule has 0 unspecified atom stereocenters. The first-order chi connectivity index (χ1) is 17.0. The number of hydrogen-bond acceptors (Lipinski definition) is 4. The fourth-order valence-corrected chi connectivity index (χ4v) is 4.51. The summed E-state index contributed by atoms with van der Waals surface area (Å²) in [5, 5.41) is 10.9. The van der Waals surface area contributed by atoms with E-state index in [9.17, 15) is 14.9 Å². The van der Waals surface area contributed by atoms with E-state index in [4.69, 9.17) is 4.74 Å². The number of methoxy groups -OCH3 is 1. The molecule has 178 valence electrons. The molecule has 0 saturated heterocycles. The molecule has 3 aromatic carbocycles. The van der Waals surface area contributed by atoms with Crippen molar-refractivity contribution in [3.8, 4) is 11.8 Å². The molecule has 35 heavy (non-hydrogen) atoms. The molecule has 0 heterocycles. The van der Waals surface area contributed by atoms with E-state index in [1.54, 1.807) is 12.1 Å². The van der Waals surface area contributed by atoms with Gasteiger partial charge in [-0.15, -0.1) is 0 Å². The largest absolute Gasteiger partial charge is 0.465 e. The van der Waals surface area contributed by atoms with Crippen LogP contribution in [0.1, 0.15) is 69.4 Å². The summed E-state index contributed by atoms with van der Waals surface area (Å²) in [6.07, 6.45) is 7.63. The Morgan fingerprint density at radius 2 is 1.40 bits per heavy atom. The van der Waals surface area contributed by atoms with Gasteiger partial charge in [-0.2, -0.15) is 0 Å². The molecule has 4 aliphatic rings. The Morgan fingerprint density at radius 3 is 2.06 bits per heavy atom. The summed E-state index contributed by atoms with van der Waals surface area (Å²) in [7, 11) is 1.44. The number of hydrogen-bond donors (Lipinski definition) is 0. The van der Waals surface area contributed by atoms with Gasteiger partial charge in [-0.3, -0.25) is 10.1 Å². The molecule has 0 radical (unpaired) electrons. The molecule has 5 nitrogen and oxygen atoms in total. The van der Waals surface area contributed by atoms with Crippen LogP contribution in [-0.4, -0.2) is 18.0 Å². The van der Waals surface area contributed by atoms with Gasteiger partial charge in [-0.25, -0.2) is 4.79 Å². The molecule has 0 N–H and O–H groups in total. The van der Waals surface area contributed by atoms with Crippen molar-refractivity contribution in [1.29, 1.82) is 0 Å². The van der Waals surface area contributed by atoms with E-state index in [0.717, 1.165) is 68.1 Å². The van der Waals surface area contributed by atoms with Crippen LogP contribution in [0.15, 0.2) is 60.7 Å². The van der Waals surface area contributed by atoms with Crippen molar-refractivity contribution in [1.82, 2.24) is 0 Å². The Bertz CT molecular complexity index is 1280. The van der Waals surface area contributed by atoms with Crippen LogP contribution in [-0.2, 0) is 30.4 Å². The Kier molecular flexibility index (Phi) is 7.95. The molecule has 0 fully saturated rings. The van der Waals surface area contributed by atoms with Gasteiger partial charge in [0.1, 0.15) is 0 Å². The molecular formula is C30H29NO4. The fraction of sp³-hybridized carbons (Fsp3) is 0.300. The van der Waals surface area contributed by atoms with Crippen LogP contribution in [0.3, 0.4) is 0 Å². The molecule has 0 atom stereocenters. The first-order valence-corrected chi connectivity index (χ1v) is 12.1. The molecule has 0 spiro atoms. The Labute approximate surface area is 206 Å². The molecule has 0 amide bonds. The number of nitro benzene ring substituents is 1. The molecule has 5 heteroatoms. The SMILES string of the molecule is COC(=O)c1cc2ccc1CCCCc1ccc(cc1C#Cc1ccc([N+](=O)[O-])cc1)CCCC2. The second-order valence-electron chi connectivity index (χ2n) is 8.94. The van der Waals surface area contributed by atoms with Gasteiger partial charge < -0.3 is 4.74 Å². The van der Waals surface area contributed by atoms with Crippen molar-refractivity contribution in [3.05, 3.63) is 110 Å². The summed E-state index contributed by atoms with van der Waals surface area (Å²) in [6, 6.07) is 19.2. The molecule has 3 aromatic rings. The maximum Gasteiger partial charge on any atom is 0.338 e. The maximum absolute atomic E-state index is 12.4. The number of benzene rings is 3. The quantitative estimate of drug-likeness (QED) is 0.194. The summed E-state index contributed by atoms with van der Waals surface area (Å²) < 4.78 is 5.04. The highest BCUT2D eigenvalue weighted by Crippen LogP contribution is 2.22. The smallest absolute Gasteiger partial charge is 0.338 e. The molecule has 0 aliphatic heterocycles. The zero-order valence-electron chi connectivity index (χ0n) is 20.0. The van der Waals surface area contributed by atoms with Crippen molar-refractivity contribution in [2.24, 2.45) is 0 Å². The topological polar surface area (TPSA) is 69.4 Å². The number of carbonyl (C=O) groups is 1. The summed E-state index contributed by atoms with van der Waals surface area (Å²) in [5.74, 6) is 6.24. The normalized spacial score (nSPS) is 13.6. The standard InChI is InChI=1S/C30H29NO4/c1-35-30(32)29-21-24-7-3-2-6-23-11-15-25(8-4-5-9-26(29)16-12-24)27(20-23)17-10-22-13-18-28(19-14-22)31(33)34/h11-16,18-21H,2-9H2,1H3. The Balaban J connectivity index is 1.57.